The predicted molar refractivity (Wildman–Crippen MR) is 104 cm³/mol. The van der Waals surface area contributed by atoms with E-state index in [0.29, 0.717) is 16.8 Å². The van der Waals surface area contributed by atoms with Crippen LogP contribution >= 0.6 is 0 Å². The zero-order chi connectivity index (χ0) is 18.8. The summed E-state index contributed by atoms with van der Waals surface area (Å²) in [5.41, 5.74) is 4.50. The number of carbonyl (C=O) groups is 1. The lowest BCUT2D eigenvalue weighted by molar-refractivity contribution is -0.122. The maximum Gasteiger partial charge on any atom is 0.257 e. The minimum Gasteiger partial charge on any atom is -0.497 e. The number of benzene rings is 2. The van der Waals surface area contributed by atoms with Gasteiger partial charge in [0.05, 0.1) is 24.4 Å². The summed E-state index contributed by atoms with van der Waals surface area (Å²) < 4.78 is 5.16. The molecule has 2 unspecified atom stereocenters. The molecule has 0 radical (unpaired) electrons. The maximum atomic E-state index is 12.2. The second-order valence-electron chi connectivity index (χ2n) is 6.60. The minimum atomic E-state index is -0.276. The lowest BCUT2D eigenvalue weighted by Crippen LogP contribution is -2.21. The van der Waals surface area contributed by atoms with Gasteiger partial charge >= 0.3 is 0 Å². The van der Waals surface area contributed by atoms with E-state index in [1.54, 1.807) is 19.2 Å². The number of nitrogens with one attached hydrogen (secondary N) is 2. The molecule has 1 fully saturated rings. The Morgan fingerprint density at radius 3 is 2.81 bits per heavy atom. The smallest absolute Gasteiger partial charge is 0.257 e. The number of aromatic amines is 1. The van der Waals surface area contributed by atoms with Crippen molar-refractivity contribution in [3.05, 3.63) is 76.1 Å². The van der Waals surface area contributed by atoms with Crippen LogP contribution in [-0.4, -0.2) is 24.2 Å². The van der Waals surface area contributed by atoms with E-state index in [0.717, 1.165) is 11.8 Å². The monoisotopic (exact) mass is 361 g/mol. The zero-order valence-corrected chi connectivity index (χ0v) is 14.8. The fourth-order valence-electron chi connectivity index (χ4n) is 3.22. The van der Waals surface area contributed by atoms with Crippen LogP contribution < -0.4 is 15.7 Å². The zero-order valence-electron chi connectivity index (χ0n) is 14.8. The van der Waals surface area contributed by atoms with Gasteiger partial charge in [-0.15, -0.1) is 0 Å². The van der Waals surface area contributed by atoms with Gasteiger partial charge in [0.2, 0.25) is 5.91 Å². The number of fused-ring (bicyclic) bond motifs is 1. The molecule has 1 aromatic heterocycles. The molecule has 1 saturated carbocycles. The van der Waals surface area contributed by atoms with Crippen molar-refractivity contribution in [2.75, 3.05) is 7.11 Å². The third-order valence-electron chi connectivity index (χ3n) is 4.82. The number of hydrogen-bond donors (Lipinski definition) is 2. The molecular weight excluding hydrogens is 342 g/mol. The number of carbonyl (C=O) groups excluding carboxylic acids is 1. The van der Waals surface area contributed by atoms with Crippen molar-refractivity contribution in [3.8, 4) is 5.75 Å². The van der Waals surface area contributed by atoms with Crippen LogP contribution in [0.4, 0.5) is 0 Å². The predicted octanol–water partition coefficient (Wildman–Crippen LogP) is 2.79. The van der Waals surface area contributed by atoms with Crippen molar-refractivity contribution in [2.45, 2.75) is 12.3 Å². The molecule has 27 heavy (non-hydrogen) atoms. The van der Waals surface area contributed by atoms with E-state index in [-0.39, 0.29) is 23.3 Å². The van der Waals surface area contributed by atoms with Crippen molar-refractivity contribution in [2.24, 2.45) is 11.0 Å². The van der Waals surface area contributed by atoms with Crippen molar-refractivity contribution in [1.29, 1.82) is 0 Å². The van der Waals surface area contributed by atoms with E-state index in [1.807, 2.05) is 42.5 Å². The van der Waals surface area contributed by atoms with E-state index in [1.165, 1.54) is 11.8 Å². The van der Waals surface area contributed by atoms with Gasteiger partial charge in [-0.3, -0.25) is 9.59 Å². The number of H-pyrrole nitrogens is 1. The Morgan fingerprint density at radius 2 is 2.04 bits per heavy atom. The van der Waals surface area contributed by atoms with Crippen molar-refractivity contribution < 1.29 is 9.53 Å². The van der Waals surface area contributed by atoms with E-state index in [9.17, 15) is 9.59 Å². The number of methoxy groups -OCH3 is 1. The standard InChI is InChI=1S/C21H19N3O3/c1-27-16-8-7-14-9-15(20(25)23-19(14)10-16)12-22-24-21(26)18-11-17(18)13-5-3-2-4-6-13/h2-10,12,17-18H,11H2,1H3,(H,23,25)(H,24,26). The third-order valence-corrected chi connectivity index (χ3v) is 4.82. The van der Waals surface area contributed by atoms with E-state index >= 15 is 0 Å². The molecule has 4 rings (SSSR count). The van der Waals surface area contributed by atoms with Crippen LogP contribution in [0.25, 0.3) is 10.9 Å². The number of aromatic nitrogens is 1. The Hall–Kier alpha value is -3.41. The highest BCUT2D eigenvalue weighted by Crippen LogP contribution is 2.47. The second-order valence-corrected chi connectivity index (χ2v) is 6.60. The number of nitrogens with zero attached hydrogens (tertiary/aromatic N) is 1. The largest absolute Gasteiger partial charge is 0.497 e. The molecule has 0 spiro atoms. The molecule has 0 saturated heterocycles. The summed E-state index contributed by atoms with van der Waals surface area (Å²) >= 11 is 0. The van der Waals surface area contributed by atoms with Gasteiger partial charge in [0.1, 0.15) is 5.75 Å². The number of hydrazone groups is 1. The van der Waals surface area contributed by atoms with Gasteiger partial charge in [-0.25, -0.2) is 5.43 Å². The van der Waals surface area contributed by atoms with Crippen molar-refractivity contribution in [3.63, 3.8) is 0 Å². The Kier molecular flexibility index (Phi) is 4.46. The molecule has 2 aromatic carbocycles. The molecule has 6 nitrogen and oxygen atoms in total. The van der Waals surface area contributed by atoms with Crippen molar-refractivity contribution >= 4 is 23.0 Å². The molecule has 6 heteroatoms. The highest BCUT2D eigenvalue weighted by atomic mass is 16.5. The molecule has 1 heterocycles. The van der Waals surface area contributed by atoms with E-state index in [4.69, 9.17) is 4.74 Å². The number of amides is 1. The Balaban J connectivity index is 1.43. The van der Waals surface area contributed by atoms with Crippen LogP contribution in [0.3, 0.4) is 0 Å². The first-order valence-electron chi connectivity index (χ1n) is 8.74. The lowest BCUT2D eigenvalue weighted by atomic mass is 10.1. The first-order chi connectivity index (χ1) is 13.2. The van der Waals surface area contributed by atoms with Gasteiger partial charge in [-0.05, 0) is 41.5 Å². The van der Waals surface area contributed by atoms with Gasteiger partial charge in [-0.1, -0.05) is 30.3 Å². The van der Waals surface area contributed by atoms with Crippen LogP contribution in [0.1, 0.15) is 23.5 Å². The first-order valence-corrected chi connectivity index (χ1v) is 8.74. The number of pyridine rings is 1. The van der Waals surface area contributed by atoms with Gasteiger partial charge in [0.15, 0.2) is 0 Å². The second kappa shape index (κ2) is 7.07. The normalized spacial score (nSPS) is 18.6. The fourth-order valence-corrected chi connectivity index (χ4v) is 3.22. The average molecular weight is 361 g/mol. The van der Waals surface area contributed by atoms with Crippen LogP contribution in [0.2, 0.25) is 0 Å². The summed E-state index contributed by atoms with van der Waals surface area (Å²) in [6.45, 7) is 0. The van der Waals surface area contributed by atoms with Crippen LogP contribution in [0.15, 0.2) is 64.5 Å². The van der Waals surface area contributed by atoms with E-state index < -0.39 is 0 Å². The molecule has 2 atom stereocenters. The van der Waals surface area contributed by atoms with Gasteiger partial charge in [-0.2, -0.15) is 5.10 Å². The maximum absolute atomic E-state index is 12.2. The molecule has 136 valence electrons. The summed E-state index contributed by atoms with van der Waals surface area (Å²) in [5, 5.41) is 4.82. The quantitative estimate of drug-likeness (QED) is 0.541. The summed E-state index contributed by atoms with van der Waals surface area (Å²) in [5.74, 6) is 0.735. The highest BCUT2D eigenvalue weighted by molar-refractivity contribution is 5.89. The molecular formula is C21H19N3O3. The summed E-state index contributed by atoms with van der Waals surface area (Å²) in [6, 6.07) is 17.1. The Bertz CT molecular complexity index is 1070. The van der Waals surface area contributed by atoms with Gasteiger partial charge in [0.25, 0.3) is 5.56 Å². The summed E-state index contributed by atoms with van der Waals surface area (Å²) in [4.78, 5) is 27.2. The molecule has 2 N–H and O–H groups in total. The van der Waals surface area contributed by atoms with Crippen molar-refractivity contribution in [1.82, 2.24) is 10.4 Å². The number of rotatable bonds is 5. The van der Waals surface area contributed by atoms with E-state index in [2.05, 4.69) is 15.5 Å². The Labute approximate surface area is 155 Å². The number of ether oxygens (including phenoxy) is 1. The number of hydrogen-bond acceptors (Lipinski definition) is 4. The molecule has 1 amide bonds. The average Bonchev–Trinajstić information content (AvgIpc) is 3.49. The SMILES string of the molecule is COc1ccc2cc(C=NNC(=O)C3CC3c3ccccc3)c(=O)[nH]c2c1. The van der Waals surface area contributed by atoms with Crippen LogP contribution in [-0.2, 0) is 4.79 Å². The van der Waals surface area contributed by atoms with Crippen LogP contribution in [0, 0.1) is 5.92 Å². The Morgan fingerprint density at radius 1 is 1.22 bits per heavy atom. The van der Waals surface area contributed by atoms with Gasteiger partial charge in [0, 0.05) is 12.0 Å². The molecule has 3 aromatic rings. The molecule has 1 aliphatic rings. The summed E-state index contributed by atoms with van der Waals surface area (Å²) in [7, 11) is 1.57. The molecule has 1 aliphatic carbocycles. The summed E-state index contributed by atoms with van der Waals surface area (Å²) in [6.07, 6.45) is 2.20. The highest BCUT2D eigenvalue weighted by Gasteiger charge is 2.43. The topological polar surface area (TPSA) is 83.5 Å². The lowest BCUT2D eigenvalue weighted by Gasteiger charge is -2.03. The van der Waals surface area contributed by atoms with Gasteiger partial charge < -0.3 is 9.72 Å². The molecule has 0 bridgehead atoms. The first kappa shape index (κ1) is 17.0. The fraction of sp³-hybridized carbons (Fsp3) is 0.190. The van der Waals surface area contributed by atoms with Crippen LogP contribution in [0.5, 0.6) is 5.75 Å². The molecule has 0 aliphatic heterocycles. The third kappa shape index (κ3) is 3.60. The minimum absolute atomic E-state index is 0.0631.